The Morgan fingerprint density at radius 1 is 1.18 bits per heavy atom. The average molecular weight is 387 g/mol. The lowest BCUT2D eigenvalue weighted by molar-refractivity contribution is 0.203. The van der Waals surface area contributed by atoms with Crippen LogP contribution in [0.2, 0.25) is 0 Å². The standard InChI is InChI=1S/C21H34N6O/c1-7-17-8-10-18(11-9-17)21(3,4)15-24-20(22-12-13-28-6)23-14-19-26-25-16(2)27(19)5/h8-11H,7,12-15H2,1-6H3,(H2,22,23,24). The Morgan fingerprint density at radius 3 is 2.46 bits per heavy atom. The van der Waals surface area contributed by atoms with Gasteiger partial charge in [-0.2, -0.15) is 0 Å². The molecule has 154 valence electrons. The van der Waals surface area contributed by atoms with Gasteiger partial charge in [-0.15, -0.1) is 10.2 Å². The highest BCUT2D eigenvalue weighted by Crippen LogP contribution is 2.22. The number of methoxy groups -OCH3 is 1. The smallest absolute Gasteiger partial charge is 0.191 e. The van der Waals surface area contributed by atoms with Crippen LogP contribution in [0.15, 0.2) is 29.3 Å². The first-order chi connectivity index (χ1) is 13.4. The van der Waals surface area contributed by atoms with E-state index in [1.807, 2.05) is 18.5 Å². The quantitative estimate of drug-likeness (QED) is 0.393. The van der Waals surface area contributed by atoms with E-state index >= 15 is 0 Å². The van der Waals surface area contributed by atoms with E-state index in [9.17, 15) is 0 Å². The van der Waals surface area contributed by atoms with Gasteiger partial charge in [0, 0.05) is 32.7 Å². The van der Waals surface area contributed by atoms with E-state index in [1.165, 1.54) is 11.1 Å². The second kappa shape index (κ2) is 10.2. The molecule has 1 aromatic heterocycles. The van der Waals surface area contributed by atoms with Gasteiger partial charge < -0.3 is 19.9 Å². The molecular formula is C21H34N6O. The van der Waals surface area contributed by atoms with E-state index in [1.54, 1.807) is 7.11 Å². The fourth-order valence-electron chi connectivity index (χ4n) is 2.78. The molecule has 0 radical (unpaired) electrons. The summed E-state index contributed by atoms with van der Waals surface area (Å²) in [5.74, 6) is 2.46. The zero-order valence-electron chi connectivity index (χ0n) is 18.0. The highest BCUT2D eigenvalue weighted by Gasteiger charge is 2.21. The molecule has 0 atom stereocenters. The van der Waals surface area contributed by atoms with Crippen LogP contribution in [0.1, 0.15) is 43.5 Å². The molecule has 0 bridgehead atoms. The summed E-state index contributed by atoms with van der Waals surface area (Å²) in [6, 6.07) is 8.86. The van der Waals surface area contributed by atoms with Crippen LogP contribution >= 0.6 is 0 Å². The molecule has 0 amide bonds. The molecule has 0 saturated heterocycles. The lowest BCUT2D eigenvalue weighted by atomic mass is 9.84. The molecular weight excluding hydrogens is 352 g/mol. The molecule has 0 unspecified atom stereocenters. The molecule has 2 N–H and O–H groups in total. The van der Waals surface area contributed by atoms with E-state index < -0.39 is 0 Å². The summed E-state index contributed by atoms with van der Waals surface area (Å²) in [6.07, 6.45) is 1.06. The van der Waals surface area contributed by atoms with Gasteiger partial charge in [-0.25, -0.2) is 4.99 Å². The number of benzene rings is 1. The summed E-state index contributed by atoms with van der Waals surface area (Å²) in [6.45, 7) is 11.1. The van der Waals surface area contributed by atoms with Crippen LogP contribution in [-0.4, -0.2) is 47.5 Å². The fraction of sp³-hybridized carbons (Fsp3) is 0.571. The fourth-order valence-corrected chi connectivity index (χ4v) is 2.78. The highest BCUT2D eigenvalue weighted by atomic mass is 16.5. The van der Waals surface area contributed by atoms with Crippen molar-refractivity contribution in [2.75, 3.05) is 26.8 Å². The molecule has 0 saturated carbocycles. The third-order valence-electron chi connectivity index (χ3n) is 5.00. The predicted molar refractivity (Wildman–Crippen MR) is 114 cm³/mol. The Morgan fingerprint density at radius 2 is 1.89 bits per heavy atom. The van der Waals surface area contributed by atoms with E-state index in [0.717, 1.165) is 30.6 Å². The van der Waals surface area contributed by atoms with Crippen LogP contribution in [0.4, 0.5) is 0 Å². The lowest BCUT2D eigenvalue weighted by Crippen LogP contribution is -2.44. The minimum Gasteiger partial charge on any atom is -0.383 e. The maximum absolute atomic E-state index is 5.14. The van der Waals surface area contributed by atoms with Crippen LogP contribution in [0.3, 0.4) is 0 Å². The molecule has 0 fully saturated rings. The first-order valence-electron chi connectivity index (χ1n) is 9.82. The molecule has 7 nitrogen and oxygen atoms in total. The number of aryl methyl sites for hydroxylation is 2. The Bertz CT molecular complexity index is 764. The van der Waals surface area contributed by atoms with Gasteiger partial charge in [0.2, 0.25) is 0 Å². The molecule has 0 spiro atoms. The van der Waals surface area contributed by atoms with Gasteiger partial charge in [-0.1, -0.05) is 45.0 Å². The van der Waals surface area contributed by atoms with Crippen LogP contribution < -0.4 is 10.6 Å². The van der Waals surface area contributed by atoms with Gasteiger partial charge in [-0.3, -0.25) is 0 Å². The maximum Gasteiger partial charge on any atom is 0.191 e. The van der Waals surface area contributed by atoms with E-state index in [0.29, 0.717) is 19.7 Å². The number of aromatic nitrogens is 3. The number of nitrogens with zero attached hydrogens (tertiary/aromatic N) is 4. The molecule has 0 aliphatic rings. The van der Waals surface area contributed by atoms with Crippen LogP contribution in [0.5, 0.6) is 0 Å². The average Bonchev–Trinajstić information content (AvgIpc) is 3.02. The van der Waals surface area contributed by atoms with Crippen molar-refractivity contribution in [1.82, 2.24) is 25.4 Å². The third kappa shape index (κ3) is 6.05. The Labute approximate surface area is 168 Å². The maximum atomic E-state index is 5.14. The summed E-state index contributed by atoms with van der Waals surface area (Å²) in [4.78, 5) is 4.68. The van der Waals surface area contributed by atoms with Crippen molar-refractivity contribution in [3.63, 3.8) is 0 Å². The SMILES string of the molecule is CCc1ccc(C(C)(C)CNC(=NCc2nnc(C)n2C)NCCOC)cc1. The Hall–Kier alpha value is -2.41. The number of hydrogen-bond acceptors (Lipinski definition) is 4. The second-order valence-corrected chi connectivity index (χ2v) is 7.59. The molecule has 0 aliphatic heterocycles. The van der Waals surface area contributed by atoms with Gasteiger partial charge in [0.05, 0.1) is 6.61 Å². The van der Waals surface area contributed by atoms with E-state index in [2.05, 4.69) is 70.9 Å². The first kappa shape index (κ1) is 21.9. The van der Waals surface area contributed by atoms with Gasteiger partial charge in [0.1, 0.15) is 12.4 Å². The van der Waals surface area contributed by atoms with E-state index in [4.69, 9.17) is 4.74 Å². The minimum absolute atomic E-state index is 0.0304. The molecule has 28 heavy (non-hydrogen) atoms. The summed E-state index contributed by atoms with van der Waals surface area (Å²) < 4.78 is 7.10. The monoisotopic (exact) mass is 386 g/mol. The van der Waals surface area contributed by atoms with Gasteiger partial charge in [0.25, 0.3) is 0 Å². The van der Waals surface area contributed by atoms with Crippen molar-refractivity contribution in [3.05, 3.63) is 47.0 Å². The van der Waals surface area contributed by atoms with Crippen LogP contribution in [0.25, 0.3) is 0 Å². The predicted octanol–water partition coefficient (Wildman–Crippen LogP) is 2.35. The van der Waals surface area contributed by atoms with Crippen molar-refractivity contribution in [1.29, 1.82) is 0 Å². The molecule has 2 aromatic rings. The summed E-state index contributed by atoms with van der Waals surface area (Å²) >= 11 is 0. The number of rotatable bonds is 9. The number of nitrogens with one attached hydrogen (secondary N) is 2. The molecule has 7 heteroatoms. The van der Waals surface area contributed by atoms with Crippen LogP contribution in [0, 0.1) is 6.92 Å². The normalized spacial score (nSPS) is 12.3. The van der Waals surface area contributed by atoms with Gasteiger partial charge in [0.15, 0.2) is 11.8 Å². The summed E-state index contributed by atoms with van der Waals surface area (Å²) in [5.41, 5.74) is 2.63. The molecule has 1 heterocycles. The van der Waals surface area contributed by atoms with Crippen molar-refractivity contribution >= 4 is 5.96 Å². The summed E-state index contributed by atoms with van der Waals surface area (Å²) in [5, 5.41) is 15.1. The minimum atomic E-state index is -0.0304. The molecule has 2 rings (SSSR count). The van der Waals surface area contributed by atoms with Gasteiger partial charge >= 0.3 is 0 Å². The highest BCUT2D eigenvalue weighted by molar-refractivity contribution is 5.79. The van der Waals surface area contributed by atoms with E-state index in [-0.39, 0.29) is 5.41 Å². The third-order valence-corrected chi connectivity index (χ3v) is 5.00. The van der Waals surface area contributed by atoms with Crippen molar-refractivity contribution in [3.8, 4) is 0 Å². The number of guanidine groups is 1. The summed E-state index contributed by atoms with van der Waals surface area (Å²) in [7, 11) is 3.64. The van der Waals surface area contributed by atoms with Crippen molar-refractivity contribution in [2.24, 2.45) is 12.0 Å². The number of ether oxygens (including phenoxy) is 1. The van der Waals surface area contributed by atoms with Crippen LogP contribution in [-0.2, 0) is 30.2 Å². The number of hydrogen-bond donors (Lipinski definition) is 2. The zero-order valence-corrected chi connectivity index (χ0v) is 18.0. The topological polar surface area (TPSA) is 76.4 Å². The van der Waals surface area contributed by atoms with Crippen molar-refractivity contribution in [2.45, 2.75) is 46.1 Å². The first-order valence-corrected chi connectivity index (χ1v) is 9.82. The second-order valence-electron chi connectivity index (χ2n) is 7.59. The largest absolute Gasteiger partial charge is 0.383 e. The van der Waals surface area contributed by atoms with Crippen molar-refractivity contribution < 1.29 is 4.74 Å². The molecule has 1 aromatic carbocycles. The lowest BCUT2D eigenvalue weighted by Gasteiger charge is -2.27. The Kier molecular flexibility index (Phi) is 7.99. The van der Waals surface area contributed by atoms with Gasteiger partial charge in [-0.05, 0) is 24.5 Å². The molecule has 0 aliphatic carbocycles. The zero-order chi connectivity index (χ0) is 20.6. The Balaban J connectivity index is 2.05. The number of aliphatic imine (C=N–C) groups is 1.